The van der Waals surface area contributed by atoms with Gasteiger partial charge in [-0.05, 0) is 11.6 Å². The molecule has 0 aliphatic rings. The fraction of sp³-hybridized carbons (Fsp3) is 0.625. The molecular weight excluding hydrogens is 188 g/mol. The fourth-order valence-electron chi connectivity index (χ4n) is 0.849. The summed E-state index contributed by atoms with van der Waals surface area (Å²) >= 11 is 0. The summed E-state index contributed by atoms with van der Waals surface area (Å²) in [5, 5.41) is 11.8. The first-order chi connectivity index (χ1) is 6.74. The van der Waals surface area contributed by atoms with Gasteiger partial charge < -0.3 is 14.4 Å². The largest absolute Gasteiger partial charge is 0.475 e. The second kappa shape index (κ2) is 5.33. The van der Waals surface area contributed by atoms with E-state index in [1.165, 1.54) is 0 Å². The average Bonchev–Trinajstić information content (AvgIpc) is 2.61. The number of hydrogen-bond donors (Lipinski definition) is 1. The summed E-state index contributed by atoms with van der Waals surface area (Å²) in [7, 11) is 0. The molecule has 0 radical (unpaired) electrons. The molecule has 1 aromatic heterocycles. The molecule has 0 aliphatic heterocycles. The van der Waals surface area contributed by atoms with Crippen molar-refractivity contribution in [2.24, 2.45) is 0 Å². The van der Waals surface area contributed by atoms with E-state index in [1.807, 2.05) is 6.92 Å². The van der Waals surface area contributed by atoms with Gasteiger partial charge >= 0.3 is 5.97 Å². The topological polar surface area (TPSA) is 85.5 Å². The first-order valence-corrected chi connectivity index (χ1v) is 4.37. The molecule has 0 saturated carbocycles. The van der Waals surface area contributed by atoms with Crippen molar-refractivity contribution in [2.45, 2.75) is 19.8 Å². The van der Waals surface area contributed by atoms with Crippen molar-refractivity contribution in [3.05, 3.63) is 11.7 Å². The Morgan fingerprint density at radius 1 is 1.57 bits per heavy atom. The van der Waals surface area contributed by atoms with Gasteiger partial charge in [-0.3, -0.25) is 0 Å². The monoisotopic (exact) mass is 200 g/mol. The lowest BCUT2D eigenvalue weighted by molar-refractivity contribution is 0.0680. The molecule has 0 saturated heterocycles. The number of aromatic carboxylic acids is 1. The summed E-state index contributed by atoms with van der Waals surface area (Å²) in [4.78, 5) is 14.0. The summed E-state index contributed by atoms with van der Waals surface area (Å²) < 4.78 is 9.87. The van der Waals surface area contributed by atoms with Crippen LogP contribution < -0.4 is 0 Å². The van der Waals surface area contributed by atoms with Crippen LogP contribution in [0.15, 0.2) is 4.52 Å². The Labute approximate surface area is 80.9 Å². The van der Waals surface area contributed by atoms with Gasteiger partial charge in [-0.15, -0.1) is 0 Å². The Balaban J connectivity index is 2.33. The zero-order valence-corrected chi connectivity index (χ0v) is 7.89. The number of ether oxygens (including phenoxy) is 1. The predicted octanol–water partition coefficient (Wildman–Crippen LogP) is 0.737. The van der Waals surface area contributed by atoms with E-state index in [0.29, 0.717) is 25.5 Å². The number of rotatable bonds is 6. The highest BCUT2D eigenvalue weighted by Crippen LogP contribution is 1.98. The molecule has 0 unspecified atom stereocenters. The third-order valence-corrected chi connectivity index (χ3v) is 1.47. The van der Waals surface area contributed by atoms with Crippen LogP contribution in [0.2, 0.25) is 0 Å². The number of carboxylic acid groups (broad SMARTS) is 1. The van der Waals surface area contributed by atoms with Crippen molar-refractivity contribution in [2.75, 3.05) is 13.2 Å². The van der Waals surface area contributed by atoms with Crippen LogP contribution in [0.25, 0.3) is 0 Å². The predicted molar refractivity (Wildman–Crippen MR) is 46.1 cm³/mol. The molecule has 0 amide bonds. The summed E-state index contributed by atoms with van der Waals surface area (Å²) in [5.41, 5.74) is 0. The quantitative estimate of drug-likeness (QED) is 0.681. The van der Waals surface area contributed by atoms with Gasteiger partial charge in [0.25, 0.3) is 5.82 Å². The number of carboxylic acids is 1. The molecule has 1 heterocycles. The molecule has 14 heavy (non-hydrogen) atoms. The van der Waals surface area contributed by atoms with Crippen LogP contribution in [0, 0.1) is 0 Å². The zero-order valence-electron chi connectivity index (χ0n) is 7.89. The van der Waals surface area contributed by atoms with Gasteiger partial charge in [0.1, 0.15) is 0 Å². The molecule has 78 valence electrons. The van der Waals surface area contributed by atoms with E-state index in [2.05, 4.69) is 14.7 Å². The van der Waals surface area contributed by atoms with E-state index in [0.717, 1.165) is 6.42 Å². The maximum Gasteiger partial charge on any atom is 0.377 e. The van der Waals surface area contributed by atoms with Crippen molar-refractivity contribution in [1.82, 2.24) is 10.1 Å². The van der Waals surface area contributed by atoms with Crippen LogP contribution in [0.5, 0.6) is 0 Å². The molecule has 1 N–H and O–H groups in total. The van der Waals surface area contributed by atoms with Crippen LogP contribution in [0.3, 0.4) is 0 Å². The normalized spacial score (nSPS) is 10.4. The Morgan fingerprint density at radius 3 is 2.93 bits per heavy atom. The standard InChI is InChI=1S/C8H12N2O4/c1-2-4-13-5-3-6-9-7(8(11)12)10-14-6/h2-5H2,1H3,(H,11,12). The minimum Gasteiger partial charge on any atom is -0.475 e. The van der Waals surface area contributed by atoms with Crippen molar-refractivity contribution in [3.63, 3.8) is 0 Å². The maximum absolute atomic E-state index is 10.4. The van der Waals surface area contributed by atoms with Crippen molar-refractivity contribution in [3.8, 4) is 0 Å². The van der Waals surface area contributed by atoms with Crippen molar-refractivity contribution in [1.29, 1.82) is 0 Å². The fourth-order valence-corrected chi connectivity index (χ4v) is 0.849. The van der Waals surface area contributed by atoms with E-state index < -0.39 is 5.97 Å². The lowest BCUT2D eigenvalue weighted by Crippen LogP contribution is -2.01. The molecule has 0 atom stereocenters. The van der Waals surface area contributed by atoms with Gasteiger partial charge in [0.15, 0.2) is 0 Å². The lowest BCUT2D eigenvalue weighted by atomic mass is 10.4. The molecule has 0 bridgehead atoms. The maximum atomic E-state index is 10.4. The summed E-state index contributed by atoms with van der Waals surface area (Å²) in [6.07, 6.45) is 1.39. The third kappa shape index (κ3) is 3.14. The summed E-state index contributed by atoms with van der Waals surface area (Å²) in [5.74, 6) is -1.21. The highest BCUT2D eigenvalue weighted by molar-refractivity contribution is 5.82. The van der Waals surface area contributed by atoms with E-state index >= 15 is 0 Å². The smallest absolute Gasteiger partial charge is 0.377 e. The molecule has 1 rings (SSSR count). The Morgan fingerprint density at radius 2 is 2.36 bits per heavy atom. The Bertz CT molecular complexity index is 297. The number of hydrogen-bond acceptors (Lipinski definition) is 5. The van der Waals surface area contributed by atoms with E-state index in [9.17, 15) is 4.79 Å². The summed E-state index contributed by atoms with van der Waals surface area (Å²) in [6, 6.07) is 0. The minimum absolute atomic E-state index is 0.290. The second-order valence-electron chi connectivity index (χ2n) is 2.68. The molecule has 0 aromatic carbocycles. The van der Waals surface area contributed by atoms with Gasteiger partial charge in [-0.2, -0.15) is 4.98 Å². The molecule has 0 aliphatic carbocycles. The van der Waals surface area contributed by atoms with E-state index in [1.54, 1.807) is 0 Å². The molecular formula is C8H12N2O4. The van der Waals surface area contributed by atoms with E-state index in [-0.39, 0.29) is 5.82 Å². The molecule has 6 nitrogen and oxygen atoms in total. The van der Waals surface area contributed by atoms with Crippen LogP contribution in [0.4, 0.5) is 0 Å². The van der Waals surface area contributed by atoms with Crippen LogP contribution >= 0.6 is 0 Å². The van der Waals surface area contributed by atoms with Gasteiger partial charge in [-0.1, -0.05) is 6.92 Å². The minimum atomic E-state index is -1.19. The van der Waals surface area contributed by atoms with Crippen LogP contribution in [-0.2, 0) is 11.2 Å². The molecule has 0 spiro atoms. The molecule has 0 fully saturated rings. The third-order valence-electron chi connectivity index (χ3n) is 1.47. The van der Waals surface area contributed by atoms with Gasteiger partial charge in [0, 0.05) is 6.61 Å². The Hall–Kier alpha value is -1.43. The average molecular weight is 200 g/mol. The van der Waals surface area contributed by atoms with E-state index in [4.69, 9.17) is 9.84 Å². The van der Waals surface area contributed by atoms with Crippen LogP contribution in [-0.4, -0.2) is 34.4 Å². The first-order valence-electron chi connectivity index (χ1n) is 4.37. The second-order valence-corrected chi connectivity index (χ2v) is 2.68. The molecule has 1 aromatic rings. The summed E-state index contributed by atoms with van der Waals surface area (Å²) in [6.45, 7) is 3.16. The lowest BCUT2D eigenvalue weighted by Gasteiger charge is -1.97. The van der Waals surface area contributed by atoms with Gasteiger partial charge in [0.2, 0.25) is 5.89 Å². The molecule has 6 heteroatoms. The SMILES string of the molecule is CCCOCCc1nc(C(=O)O)no1. The highest BCUT2D eigenvalue weighted by atomic mass is 16.5. The first kappa shape index (κ1) is 10.6. The van der Waals surface area contributed by atoms with Crippen LogP contribution in [0.1, 0.15) is 29.9 Å². The Kier molecular flexibility index (Phi) is 4.06. The number of carbonyl (C=O) groups is 1. The van der Waals surface area contributed by atoms with Gasteiger partial charge in [0.05, 0.1) is 13.0 Å². The number of aromatic nitrogens is 2. The van der Waals surface area contributed by atoms with Crippen molar-refractivity contribution < 1.29 is 19.2 Å². The van der Waals surface area contributed by atoms with Gasteiger partial charge in [-0.25, -0.2) is 4.79 Å². The highest BCUT2D eigenvalue weighted by Gasteiger charge is 2.11. The zero-order chi connectivity index (χ0) is 10.4. The number of nitrogens with zero attached hydrogens (tertiary/aromatic N) is 2. The van der Waals surface area contributed by atoms with Crippen molar-refractivity contribution >= 4 is 5.97 Å².